The zero-order valence-electron chi connectivity index (χ0n) is 12.2. The lowest BCUT2D eigenvalue weighted by atomic mass is 9.81. The van der Waals surface area contributed by atoms with Crippen LogP contribution in [0.15, 0.2) is 0 Å². The van der Waals surface area contributed by atoms with E-state index in [1.807, 2.05) is 6.92 Å². The van der Waals surface area contributed by atoms with Crippen LogP contribution >= 0.6 is 0 Å². The number of nitrogens with zero attached hydrogens (tertiary/aromatic N) is 1. The average molecular weight is 284 g/mol. The van der Waals surface area contributed by atoms with Crippen LogP contribution in [0, 0.1) is 5.92 Å². The van der Waals surface area contributed by atoms with Gasteiger partial charge in [-0.2, -0.15) is 0 Å². The van der Waals surface area contributed by atoms with Crippen LogP contribution in [0.2, 0.25) is 0 Å². The maximum Gasteiger partial charge on any atom is 0.245 e. The van der Waals surface area contributed by atoms with E-state index < -0.39 is 12.7 Å². The monoisotopic (exact) mass is 284 g/mol. The largest absolute Gasteiger partial charge is 0.343 e. The molecule has 1 N–H and O–H groups in total. The van der Waals surface area contributed by atoms with E-state index in [4.69, 9.17) is 0 Å². The fraction of sp³-hybridized carbons (Fsp3) is 0.867. The maximum atomic E-state index is 12.5. The Morgan fingerprint density at radius 1 is 1.25 bits per heavy atom. The van der Waals surface area contributed by atoms with Crippen molar-refractivity contribution in [3.63, 3.8) is 0 Å². The zero-order valence-corrected chi connectivity index (χ0v) is 12.2. The summed E-state index contributed by atoms with van der Waals surface area (Å²) < 4.78 is 12.5. The molecule has 2 amide bonds. The van der Waals surface area contributed by atoms with Crippen LogP contribution in [0.4, 0.5) is 4.39 Å². The smallest absolute Gasteiger partial charge is 0.245 e. The molecule has 2 rings (SSSR count). The van der Waals surface area contributed by atoms with E-state index in [-0.39, 0.29) is 23.8 Å². The van der Waals surface area contributed by atoms with Gasteiger partial charge < -0.3 is 10.2 Å². The summed E-state index contributed by atoms with van der Waals surface area (Å²) in [5.41, 5.74) is 0. The van der Waals surface area contributed by atoms with E-state index in [1.54, 1.807) is 4.90 Å². The SMILES string of the molecule is CCC1NC(=O)C(C2CCCCC2)N(CCCF)C1=O. The number of halogens is 1. The van der Waals surface area contributed by atoms with E-state index in [0.717, 1.165) is 25.7 Å². The molecular weight excluding hydrogens is 259 g/mol. The van der Waals surface area contributed by atoms with Crippen LogP contribution < -0.4 is 5.32 Å². The standard InChI is InChI=1S/C15H25FN2O2/c1-2-12-15(20)18(10-6-9-16)13(14(19)17-12)11-7-4-3-5-8-11/h11-13H,2-10H2,1H3,(H,17,19). The van der Waals surface area contributed by atoms with Crippen molar-refractivity contribution in [2.45, 2.75) is 64.0 Å². The van der Waals surface area contributed by atoms with Gasteiger partial charge in [0.2, 0.25) is 11.8 Å². The molecule has 114 valence electrons. The third-order valence-electron chi connectivity index (χ3n) is 4.54. The number of hydrogen-bond donors (Lipinski definition) is 1. The van der Waals surface area contributed by atoms with E-state index in [2.05, 4.69) is 5.32 Å². The molecule has 5 heteroatoms. The van der Waals surface area contributed by atoms with Gasteiger partial charge in [-0.3, -0.25) is 14.0 Å². The maximum absolute atomic E-state index is 12.5. The lowest BCUT2D eigenvalue weighted by molar-refractivity contribution is -0.152. The molecule has 20 heavy (non-hydrogen) atoms. The summed E-state index contributed by atoms with van der Waals surface area (Å²) in [6, 6.07) is -0.806. The summed E-state index contributed by atoms with van der Waals surface area (Å²) in [6.07, 6.45) is 6.35. The van der Waals surface area contributed by atoms with Crippen molar-refractivity contribution in [2.75, 3.05) is 13.2 Å². The van der Waals surface area contributed by atoms with Gasteiger partial charge in [-0.25, -0.2) is 0 Å². The Hall–Kier alpha value is -1.13. The number of rotatable bonds is 5. The van der Waals surface area contributed by atoms with Gasteiger partial charge in [0.25, 0.3) is 0 Å². The van der Waals surface area contributed by atoms with Crippen molar-refractivity contribution in [1.82, 2.24) is 10.2 Å². The molecule has 1 aliphatic heterocycles. The predicted octanol–water partition coefficient (Wildman–Crippen LogP) is 2.03. The van der Waals surface area contributed by atoms with Gasteiger partial charge in [-0.15, -0.1) is 0 Å². The van der Waals surface area contributed by atoms with Gasteiger partial charge >= 0.3 is 0 Å². The van der Waals surface area contributed by atoms with Gasteiger partial charge in [-0.05, 0) is 31.6 Å². The quantitative estimate of drug-likeness (QED) is 0.840. The van der Waals surface area contributed by atoms with E-state index in [0.29, 0.717) is 19.4 Å². The summed E-state index contributed by atoms with van der Waals surface area (Å²) in [7, 11) is 0. The summed E-state index contributed by atoms with van der Waals surface area (Å²) in [6.45, 7) is 1.80. The third-order valence-corrected chi connectivity index (χ3v) is 4.54. The molecule has 2 atom stereocenters. The van der Waals surface area contributed by atoms with Crippen LogP contribution in [0.1, 0.15) is 51.9 Å². The number of nitrogens with one attached hydrogen (secondary N) is 1. The normalized spacial score (nSPS) is 28.6. The van der Waals surface area contributed by atoms with E-state index in [9.17, 15) is 14.0 Å². The Kier molecular flexibility index (Phi) is 5.38. The second-order valence-corrected chi connectivity index (χ2v) is 5.89. The number of hydrogen-bond acceptors (Lipinski definition) is 2. The highest BCUT2D eigenvalue weighted by Crippen LogP contribution is 2.31. The summed E-state index contributed by atoms with van der Waals surface area (Å²) >= 11 is 0. The Balaban J connectivity index is 2.15. The van der Waals surface area contributed by atoms with E-state index >= 15 is 0 Å². The second kappa shape index (κ2) is 7.04. The molecule has 2 aliphatic rings. The van der Waals surface area contributed by atoms with Crippen molar-refractivity contribution in [1.29, 1.82) is 0 Å². The van der Waals surface area contributed by atoms with Crippen molar-refractivity contribution in [3.8, 4) is 0 Å². The van der Waals surface area contributed by atoms with Gasteiger partial charge in [0, 0.05) is 6.54 Å². The van der Waals surface area contributed by atoms with Crippen molar-refractivity contribution >= 4 is 11.8 Å². The van der Waals surface area contributed by atoms with Gasteiger partial charge in [0.15, 0.2) is 0 Å². The number of carbonyl (C=O) groups is 2. The first-order chi connectivity index (χ1) is 9.69. The lowest BCUT2D eigenvalue weighted by Gasteiger charge is -2.43. The molecule has 1 saturated heterocycles. The Labute approximate surface area is 120 Å². The van der Waals surface area contributed by atoms with Crippen molar-refractivity contribution in [3.05, 3.63) is 0 Å². The van der Waals surface area contributed by atoms with Crippen LogP contribution in [0.5, 0.6) is 0 Å². The zero-order chi connectivity index (χ0) is 14.5. The summed E-state index contributed by atoms with van der Waals surface area (Å²) in [4.78, 5) is 26.5. The van der Waals surface area contributed by atoms with Crippen LogP contribution in [0.3, 0.4) is 0 Å². The molecule has 0 aromatic rings. The molecule has 2 unspecified atom stereocenters. The number of amides is 2. The first kappa shape index (κ1) is 15.3. The molecule has 1 saturated carbocycles. The molecule has 0 aromatic carbocycles. The fourth-order valence-corrected chi connectivity index (χ4v) is 3.47. The molecular formula is C15H25FN2O2. The first-order valence-electron chi connectivity index (χ1n) is 7.85. The van der Waals surface area contributed by atoms with Gasteiger partial charge in [0.05, 0.1) is 6.67 Å². The van der Waals surface area contributed by atoms with Gasteiger partial charge in [0.1, 0.15) is 12.1 Å². The predicted molar refractivity (Wildman–Crippen MR) is 74.9 cm³/mol. The third kappa shape index (κ3) is 3.13. The van der Waals surface area contributed by atoms with E-state index in [1.165, 1.54) is 6.42 Å². The summed E-state index contributed by atoms with van der Waals surface area (Å²) in [5, 5.41) is 2.85. The number of piperazine rings is 1. The molecule has 0 aromatic heterocycles. The highest BCUT2D eigenvalue weighted by molar-refractivity contribution is 5.97. The molecule has 1 heterocycles. The van der Waals surface area contributed by atoms with Crippen LogP contribution in [-0.2, 0) is 9.59 Å². The molecule has 1 aliphatic carbocycles. The molecule has 0 radical (unpaired) electrons. The Morgan fingerprint density at radius 3 is 2.55 bits per heavy atom. The average Bonchev–Trinajstić information content (AvgIpc) is 2.48. The minimum atomic E-state index is -0.445. The Bertz CT molecular complexity index is 356. The topological polar surface area (TPSA) is 49.4 Å². The highest BCUT2D eigenvalue weighted by atomic mass is 19.1. The molecule has 0 spiro atoms. The fourth-order valence-electron chi connectivity index (χ4n) is 3.47. The molecule has 2 fully saturated rings. The number of alkyl halides is 1. The minimum absolute atomic E-state index is 0.0314. The molecule has 4 nitrogen and oxygen atoms in total. The highest BCUT2D eigenvalue weighted by Gasteiger charge is 2.43. The van der Waals surface area contributed by atoms with Crippen LogP contribution in [-0.4, -0.2) is 42.0 Å². The second-order valence-electron chi connectivity index (χ2n) is 5.89. The minimum Gasteiger partial charge on any atom is -0.343 e. The van der Waals surface area contributed by atoms with Crippen molar-refractivity contribution < 1.29 is 14.0 Å². The van der Waals surface area contributed by atoms with Crippen LogP contribution in [0.25, 0.3) is 0 Å². The molecule has 0 bridgehead atoms. The number of carbonyl (C=O) groups excluding carboxylic acids is 2. The Morgan fingerprint density at radius 2 is 1.95 bits per heavy atom. The lowest BCUT2D eigenvalue weighted by Crippen LogP contribution is -2.65. The van der Waals surface area contributed by atoms with Crippen molar-refractivity contribution in [2.24, 2.45) is 5.92 Å². The van der Waals surface area contributed by atoms with Gasteiger partial charge in [-0.1, -0.05) is 26.2 Å². The summed E-state index contributed by atoms with van der Waals surface area (Å²) in [5.74, 6) is 0.170. The first-order valence-corrected chi connectivity index (χ1v) is 7.85.